The van der Waals surface area contributed by atoms with Crippen molar-refractivity contribution in [3.8, 4) is 5.75 Å². The minimum Gasteiger partial charge on any atom is -0.487 e. The molecule has 238 valence electrons. The Balaban J connectivity index is 1.08. The zero-order valence-corrected chi connectivity index (χ0v) is 26.2. The van der Waals surface area contributed by atoms with E-state index in [9.17, 15) is 0 Å². The van der Waals surface area contributed by atoms with Gasteiger partial charge in [0.15, 0.2) is 11.6 Å². The van der Waals surface area contributed by atoms with Crippen LogP contribution in [0.15, 0.2) is 54.6 Å². The molecule has 0 bridgehead atoms. The summed E-state index contributed by atoms with van der Waals surface area (Å²) in [6.07, 6.45) is 10.9. The molecule has 9 heteroatoms. The van der Waals surface area contributed by atoms with Gasteiger partial charge in [0.05, 0.1) is 52.3 Å². The number of fused-ring (bicyclic) bond motifs is 2. The van der Waals surface area contributed by atoms with E-state index in [1.54, 1.807) is 6.07 Å². The van der Waals surface area contributed by atoms with Crippen molar-refractivity contribution >= 4 is 27.8 Å². The first-order chi connectivity index (χ1) is 22.7. The van der Waals surface area contributed by atoms with Crippen LogP contribution in [-0.4, -0.2) is 39.1 Å². The lowest BCUT2D eigenvalue weighted by molar-refractivity contribution is 0.201. The van der Waals surface area contributed by atoms with Gasteiger partial charge in [0.2, 0.25) is 0 Å². The molecule has 4 atom stereocenters. The third-order valence-electron chi connectivity index (χ3n) is 10.8. The van der Waals surface area contributed by atoms with E-state index in [1.165, 1.54) is 24.0 Å². The highest BCUT2D eigenvalue weighted by atomic mass is 19.1. The molecule has 5 aromatic rings. The molecule has 1 saturated carbocycles. The van der Waals surface area contributed by atoms with E-state index in [0.29, 0.717) is 17.8 Å². The van der Waals surface area contributed by atoms with E-state index in [-0.39, 0.29) is 24.0 Å². The van der Waals surface area contributed by atoms with Gasteiger partial charge < -0.3 is 30.2 Å². The van der Waals surface area contributed by atoms with Crippen molar-refractivity contribution < 1.29 is 9.13 Å². The van der Waals surface area contributed by atoms with Gasteiger partial charge in [-0.1, -0.05) is 12.1 Å². The Labute approximate surface area is 268 Å². The van der Waals surface area contributed by atoms with Gasteiger partial charge >= 0.3 is 0 Å². The summed E-state index contributed by atoms with van der Waals surface area (Å²) in [5.74, 6) is 2.11. The normalized spacial score (nSPS) is 25.5. The van der Waals surface area contributed by atoms with Crippen LogP contribution in [0, 0.1) is 5.82 Å². The van der Waals surface area contributed by atoms with Crippen molar-refractivity contribution in [3.05, 3.63) is 83.2 Å². The van der Waals surface area contributed by atoms with Crippen LogP contribution >= 0.6 is 0 Å². The SMILES string of the molecule is Fc1cc(N2[C@@H](c3ccc4nc([C@@H]5CCCN5)[nH]c4c3)CC[C@H]2c2ccc3nc([C@@H]4CCCN4)[nH]c3c2)ccc1OC1CCCC1. The first-order valence-electron chi connectivity index (χ1n) is 17.4. The Bertz CT molecular complexity index is 1760. The number of aromatic amines is 2. The summed E-state index contributed by atoms with van der Waals surface area (Å²) < 4.78 is 21.8. The van der Waals surface area contributed by atoms with Gasteiger partial charge in [0.1, 0.15) is 11.6 Å². The molecule has 4 aliphatic rings. The highest BCUT2D eigenvalue weighted by molar-refractivity contribution is 5.78. The Morgan fingerprint density at radius 3 is 1.76 bits per heavy atom. The first-order valence-corrected chi connectivity index (χ1v) is 17.4. The zero-order chi connectivity index (χ0) is 30.6. The Morgan fingerprint density at radius 1 is 0.652 bits per heavy atom. The topological polar surface area (TPSA) is 93.9 Å². The van der Waals surface area contributed by atoms with Gasteiger partial charge in [-0.05, 0) is 125 Å². The fraction of sp³-hybridized carbons (Fsp3) is 0.459. The van der Waals surface area contributed by atoms with Crippen molar-refractivity contribution in [3.63, 3.8) is 0 Å². The van der Waals surface area contributed by atoms with E-state index >= 15 is 4.39 Å². The summed E-state index contributed by atoms with van der Waals surface area (Å²) in [5.41, 5.74) is 7.41. The molecule has 0 radical (unpaired) electrons. The molecule has 8 nitrogen and oxygen atoms in total. The quantitative estimate of drug-likeness (QED) is 0.148. The molecule has 0 amide bonds. The van der Waals surface area contributed by atoms with E-state index in [0.717, 1.165) is 104 Å². The molecular weight excluding hydrogens is 577 g/mol. The molecule has 3 aliphatic heterocycles. The monoisotopic (exact) mass is 619 g/mol. The summed E-state index contributed by atoms with van der Waals surface area (Å²) in [6, 6.07) is 19.5. The number of anilines is 1. The molecule has 5 heterocycles. The molecule has 9 rings (SSSR count). The first kappa shape index (κ1) is 28.3. The molecule has 4 N–H and O–H groups in total. The van der Waals surface area contributed by atoms with Crippen molar-refractivity contribution in [2.24, 2.45) is 0 Å². The van der Waals surface area contributed by atoms with Crippen molar-refractivity contribution in [2.75, 3.05) is 18.0 Å². The Morgan fingerprint density at radius 2 is 1.24 bits per heavy atom. The molecule has 3 saturated heterocycles. The molecule has 2 aromatic heterocycles. The van der Waals surface area contributed by atoms with E-state index in [2.05, 4.69) is 68.0 Å². The van der Waals surface area contributed by atoms with Crippen LogP contribution in [0.25, 0.3) is 22.1 Å². The van der Waals surface area contributed by atoms with Crippen molar-refractivity contribution in [1.29, 1.82) is 0 Å². The highest BCUT2D eigenvalue weighted by Gasteiger charge is 2.37. The third-order valence-corrected chi connectivity index (χ3v) is 10.8. The average molecular weight is 620 g/mol. The number of H-pyrrole nitrogens is 2. The summed E-state index contributed by atoms with van der Waals surface area (Å²) in [5, 5.41) is 7.12. The second-order valence-electron chi connectivity index (χ2n) is 13.8. The van der Waals surface area contributed by atoms with Crippen LogP contribution in [0.5, 0.6) is 5.75 Å². The fourth-order valence-electron chi connectivity index (χ4n) is 8.43. The lowest BCUT2D eigenvalue weighted by Crippen LogP contribution is -2.26. The summed E-state index contributed by atoms with van der Waals surface area (Å²) >= 11 is 0. The van der Waals surface area contributed by atoms with Crippen LogP contribution in [0.1, 0.15) is 111 Å². The van der Waals surface area contributed by atoms with Gasteiger partial charge in [0.25, 0.3) is 0 Å². The maximum Gasteiger partial charge on any atom is 0.167 e. The number of ether oxygens (including phenoxy) is 1. The van der Waals surface area contributed by atoms with Crippen molar-refractivity contribution in [2.45, 2.75) is 94.5 Å². The number of benzene rings is 3. The number of rotatable bonds is 7. The smallest absolute Gasteiger partial charge is 0.167 e. The van der Waals surface area contributed by atoms with Crippen molar-refractivity contribution in [1.82, 2.24) is 30.6 Å². The number of hydrogen-bond donors (Lipinski definition) is 4. The number of imidazole rings is 2. The summed E-state index contributed by atoms with van der Waals surface area (Å²) in [4.78, 5) is 19.5. The van der Waals surface area contributed by atoms with Gasteiger partial charge in [0, 0.05) is 11.8 Å². The minimum atomic E-state index is -0.288. The van der Waals surface area contributed by atoms with E-state index in [1.807, 2.05) is 6.07 Å². The number of nitrogens with zero attached hydrogens (tertiary/aromatic N) is 3. The third kappa shape index (κ3) is 5.14. The van der Waals surface area contributed by atoms with Crippen LogP contribution in [0.3, 0.4) is 0 Å². The largest absolute Gasteiger partial charge is 0.487 e. The maximum atomic E-state index is 15.7. The van der Waals surface area contributed by atoms with Crippen LogP contribution in [0.4, 0.5) is 10.1 Å². The Kier molecular flexibility index (Phi) is 7.19. The number of nitrogens with one attached hydrogen (secondary N) is 4. The zero-order valence-electron chi connectivity index (χ0n) is 26.2. The van der Waals surface area contributed by atoms with Gasteiger partial charge in [-0.2, -0.15) is 0 Å². The van der Waals surface area contributed by atoms with Crippen LogP contribution in [-0.2, 0) is 0 Å². The lowest BCUT2D eigenvalue weighted by Gasteiger charge is -2.33. The van der Waals surface area contributed by atoms with Gasteiger partial charge in [-0.3, -0.25) is 0 Å². The fourth-order valence-corrected chi connectivity index (χ4v) is 8.43. The van der Waals surface area contributed by atoms with E-state index < -0.39 is 0 Å². The summed E-state index contributed by atoms with van der Waals surface area (Å²) in [7, 11) is 0. The highest BCUT2D eigenvalue weighted by Crippen LogP contribution is 2.48. The molecule has 0 spiro atoms. The average Bonchev–Trinajstić information content (AvgIpc) is 3.92. The molecule has 46 heavy (non-hydrogen) atoms. The predicted molar refractivity (Wildman–Crippen MR) is 179 cm³/mol. The number of halogens is 1. The molecular formula is C37H42FN7O. The standard InChI is InChI=1S/C37H42FN7O/c38-26-21-24(11-16-35(26)46-25-5-1-2-6-25)45-33(22-9-12-27-31(19-22)43-36(41-27)29-7-3-17-39-29)14-15-34(45)23-10-13-28-32(20-23)44-37(42-28)30-8-4-18-40-30/h9-13,16,19-21,25,29-30,33-34,39-40H,1-8,14-15,17-18H2,(H,41,43)(H,42,44)/t29-,30-,33-,34+/m0/s1. The Hall–Kier alpha value is -3.95. The molecule has 4 fully saturated rings. The second kappa shape index (κ2) is 11.7. The van der Waals surface area contributed by atoms with Gasteiger partial charge in [-0.15, -0.1) is 0 Å². The molecule has 0 unspecified atom stereocenters. The number of hydrogen-bond acceptors (Lipinski definition) is 6. The minimum absolute atomic E-state index is 0.0856. The lowest BCUT2D eigenvalue weighted by atomic mass is 10.0. The van der Waals surface area contributed by atoms with Gasteiger partial charge in [-0.25, -0.2) is 14.4 Å². The molecule has 1 aliphatic carbocycles. The molecule has 3 aromatic carbocycles. The predicted octanol–water partition coefficient (Wildman–Crippen LogP) is 7.83. The van der Waals surface area contributed by atoms with E-state index in [4.69, 9.17) is 14.7 Å². The maximum absolute atomic E-state index is 15.7. The second-order valence-corrected chi connectivity index (χ2v) is 13.8. The summed E-state index contributed by atoms with van der Waals surface area (Å²) in [6.45, 7) is 2.07. The van der Waals surface area contributed by atoms with Crippen LogP contribution in [0.2, 0.25) is 0 Å². The number of aromatic nitrogens is 4. The van der Waals surface area contributed by atoms with Crippen LogP contribution < -0.4 is 20.3 Å².